The number of esters is 2. The van der Waals surface area contributed by atoms with Crippen LogP contribution in [0.3, 0.4) is 0 Å². The Morgan fingerprint density at radius 3 is 2.62 bits per heavy atom. The summed E-state index contributed by atoms with van der Waals surface area (Å²) in [4.78, 5) is 37.5. The van der Waals surface area contributed by atoms with Crippen LogP contribution in [-0.2, 0) is 23.9 Å². The fraction of sp³-hybridized carbons (Fsp3) is 0.650. The summed E-state index contributed by atoms with van der Waals surface area (Å²) in [6, 6.07) is 0. The van der Waals surface area contributed by atoms with Crippen molar-refractivity contribution in [2.45, 2.75) is 58.7 Å². The van der Waals surface area contributed by atoms with E-state index in [-0.39, 0.29) is 31.1 Å². The number of fused-ring (bicyclic) bond motifs is 1. The first-order chi connectivity index (χ1) is 12.1. The molecule has 26 heavy (non-hydrogen) atoms. The zero-order valence-electron chi connectivity index (χ0n) is 15.5. The number of ketones is 1. The summed E-state index contributed by atoms with van der Waals surface area (Å²) < 4.78 is 10.8. The molecule has 1 aliphatic carbocycles. The third-order valence-electron chi connectivity index (χ3n) is 6.60. The van der Waals surface area contributed by atoms with Crippen molar-refractivity contribution in [1.29, 1.82) is 0 Å². The van der Waals surface area contributed by atoms with Crippen LogP contribution in [-0.4, -0.2) is 41.6 Å². The lowest BCUT2D eigenvalue weighted by Crippen LogP contribution is -2.50. The molecule has 6 heteroatoms. The molecule has 0 amide bonds. The van der Waals surface area contributed by atoms with Crippen molar-refractivity contribution in [2.75, 3.05) is 6.61 Å². The van der Waals surface area contributed by atoms with E-state index >= 15 is 0 Å². The molecule has 2 aliphatic heterocycles. The predicted molar refractivity (Wildman–Crippen MR) is 92.9 cm³/mol. The molecule has 0 aromatic heterocycles. The topological polar surface area (TPSA) is 89.9 Å². The molecule has 0 bridgehead atoms. The van der Waals surface area contributed by atoms with E-state index in [1.54, 1.807) is 6.92 Å². The van der Waals surface area contributed by atoms with Gasteiger partial charge in [0.2, 0.25) is 0 Å². The van der Waals surface area contributed by atoms with Gasteiger partial charge in [-0.05, 0) is 32.1 Å². The molecule has 0 spiro atoms. The summed E-state index contributed by atoms with van der Waals surface area (Å²) in [5.74, 6) is -1.19. The van der Waals surface area contributed by atoms with Crippen LogP contribution >= 0.6 is 0 Å². The number of aliphatic hydroxyl groups is 1. The van der Waals surface area contributed by atoms with Gasteiger partial charge in [0.05, 0.1) is 18.4 Å². The van der Waals surface area contributed by atoms with E-state index in [1.807, 2.05) is 13.8 Å². The van der Waals surface area contributed by atoms with E-state index in [9.17, 15) is 19.5 Å². The van der Waals surface area contributed by atoms with Crippen molar-refractivity contribution in [2.24, 2.45) is 16.7 Å². The van der Waals surface area contributed by atoms with E-state index in [0.717, 1.165) is 12.0 Å². The first kappa shape index (κ1) is 18.8. The van der Waals surface area contributed by atoms with Gasteiger partial charge in [-0.2, -0.15) is 0 Å². The van der Waals surface area contributed by atoms with Crippen LogP contribution in [0, 0.1) is 16.7 Å². The Balaban J connectivity index is 1.97. The van der Waals surface area contributed by atoms with Gasteiger partial charge in [0.1, 0.15) is 12.2 Å². The van der Waals surface area contributed by atoms with Gasteiger partial charge in [-0.1, -0.05) is 26.0 Å². The molecule has 5 atom stereocenters. The number of aliphatic hydroxyl groups excluding tert-OH is 1. The quantitative estimate of drug-likeness (QED) is 0.611. The van der Waals surface area contributed by atoms with Gasteiger partial charge < -0.3 is 14.6 Å². The second-order valence-electron chi connectivity index (χ2n) is 8.29. The molecule has 2 fully saturated rings. The summed E-state index contributed by atoms with van der Waals surface area (Å²) in [6.45, 7) is 9.35. The lowest BCUT2D eigenvalue weighted by molar-refractivity contribution is -0.156. The molecular formula is C20H26O6. The Morgan fingerprint density at radius 1 is 1.27 bits per heavy atom. The van der Waals surface area contributed by atoms with Crippen molar-refractivity contribution in [3.05, 3.63) is 23.8 Å². The summed E-state index contributed by atoms with van der Waals surface area (Å²) >= 11 is 0. The molecule has 1 N–H and O–H groups in total. The van der Waals surface area contributed by atoms with Crippen LogP contribution in [0.4, 0.5) is 0 Å². The van der Waals surface area contributed by atoms with Crippen molar-refractivity contribution in [1.82, 2.24) is 0 Å². The smallest absolute Gasteiger partial charge is 0.331 e. The van der Waals surface area contributed by atoms with Crippen molar-refractivity contribution < 1.29 is 29.0 Å². The third kappa shape index (κ3) is 2.80. The van der Waals surface area contributed by atoms with Gasteiger partial charge in [-0.15, -0.1) is 0 Å². The monoisotopic (exact) mass is 362 g/mol. The average Bonchev–Trinajstić information content (AvgIpc) is 2.82. The van der Waals surface area contributed by atoms with Gasteiger partial charge in [0.25, 0.3) is 0 Å². The molecular weight excluding hydrogens is 336 g/mol. The van der Waals surface area contributed by atoms with Gasteiger partial charge in [-0.25, -0.2) is 4.79 Å². The van der Waals surface area contributed by atoms with Gasteiger partial charge in [0, 0.05) is 17.1 Å². The fourth-order valence-electron chi connectivity index (χ4n) is 4.57. The molecule has 142 valence electrons. The number of carbonyl (C=O) groups excluding carboxylic acids is 3. The highest BCUT2D eigenvalue weighted by Crippen LogP contribution is 2.50. The fourth-order valence-corrected chi connectivity index (χ4v) is 4.57. The van der Waals surface area contributed by atoms with Crippen LogP contribution in [0.25, 0.3) is 0 Å². The third-order valence-corrected chi connectivity index (χ3v) is 6.60. The zero-order valence-corrected chi connectivity index (χ0v) is 15.5. The summed E-state index contributed by atoms with van der Waals surface area (Å²) in [7, 11) is 0. The number of hydrogen-bond donors (Lipinski definition) is 1. The number of allylic oxidation sites excluding steroid dienone is 2. The van der Waals surface area contributed by atoms with E-state index in [1.165, 1.54) is 6.08 Å². The van der Waals surface area contributed by atoms with E-state index in [0.29, 0.717) is 12.0 Å². The van der Waals surface area contributed by atoms with Crippen molar-refractivity contribution in [3.63, 3.8) is 0 Å². The van der Waals surface area contributed by atoms with Crippen LogP contribution in [0.1, 0.15) is 46.5 Å². The van der Waals surface area contributed by atoms with E-state index in [4.69, 9.17) is 9.47 Å². The maximum absolute atomic E-state index is 13.5. The molecule has 0 aromatic carbocycles. The van der Waals surface area contributed by atoms with Crippen LogP contribution < -0.4 is 0 Å². The highest BCUT2D eigenvalue weighted by atomic mass is 16.6. The first-order valence-electron chi connectivity index (χ1n) is 9.06. The minimum atomic E-state index is -0.873. The highest BCUT2D eigenvalue weighted by molar-refractivity contribution is 6.06. The average molecular weight is 362 g/mol. The summed E-state index contributed by atoms with van der Waals surface area (Å²) in [6.07, 6.45) is 1.66. The molecule has 0 unspecified atom stereocenters. The molecule has 0 radical (unpaired) electrons. The lowest BCUT2D eigenvalue weighted by Gasteiger charge is -2.44. The standard InChI is InChI=1S/C20H26O6/c1-11-5-6-14-20(4,12(11)2)18(24)13(7-16(22)25-14)8-19(3)9-17(23)26-15(19)10-21/h7,12,14-15,21H,1,5-6,8-10H2,2-4H3/t12-,14+,15+,19-,20-/m1/s1. The number of carbonyl (C=O) groups is 3. The van der Waals surface area contributed by atoms with Gasteiger partial charge in [-0.3, -0.25) is 9.59 Å². The number of Topliss-reactive ketones (excluding diaryl/α,β-unsaturated/α-hetero) is 1. The van der Waals surface area contributed by atoms with Crippen LogP contribution in [0.2, 0.25) is 0 Å². The van der Waals surface area contributed by atoms with Crippen molar-refractivity contribution in [3.8, 4) is 0 Å². The Morgan fingerprint density at radius 2 is 1.96 bits per heavy atom. The molecule has 1 saturated heterocycles. The number of ether oxygens (including phenoxy) is 2. The maximum atomic E-state index is 13.5. The second kappa shape index (κ2) is 6.34. The predicted octanol–water partition coefficient (Wildman–Crippen LogP) is 2.10. The molecule has 2 heterocycles. The number of cyclic esters (lactones) is 1. The van der Waals surface area contributed by atoms with E-state index < -0.39 is 35.0 Å². The molecule has 1 saturated carbocycles. The zero-order chi connectivity index (χ0) is 19.3. The van der Waals surface area contributed by atoms with Crippen LogP contribution in [0.5, 0.6) is 0 Å². The summed E-state index contributed by atoms with van der Waals surface area (Å²) in [5, 5.41) is 9.55. The first-order valence-corrected chi connectivity index (χ1v) is 9.06. The number of rotatable bonds is 3. The van der Waals surface area contributed by atoms with Gasteiger partial charge >= 0.3 is 11.9 Å². The largest absolute Gasteiger partial charge is 0.459 e. The molecule has 0 aromatic rings. The van der Waals surface area contributed by atoms with Crippen LogP contribution in [0.15, 0.2) is 23.8 Å². The maximum Gasteiger partial charge on any atom is 0.331 e. The molecule has 3 rings (SSSR count). The Kier molecular flexibility index (Phi) is 4.59. The molecule has 3 aliphatic rings. The summed E-state index contributed by atoms with van der Waals surface area (Å²) in [5.41, 5.74) is -0.297. The SMILES string of the molecule is C=C1CC[C@@H]2OC(=O)C=C(C[C@]3(C)CC(=O)O[C@H]3CO)C(=O)[C@]2(C)[C@@H]1C. The van der Waals surface area contributed by atoms with Gasteiger partial charge in [0.15, 0.2) is 5.78 Å². The van der Waals surface area contributed by atoms with Crippen molar-refractivity contribution >= 4 is 17.7 Å². The minimum absolute atomic E-state index is 0.0975. The lowest BCUT2D eigenvalue weighted by atomic mass is 9.60. The Labute approximate surface area is 153 Å². The Hall–Kier alpha value is -1.95. The van der Waals surface area contributed by atoms with E-state index in [2.05, 4.69) is 6.58 Å². The molecule has 6 nitrogen and oxygen atoms in total. The minimum Gasteiger partial charge on any atom is -0.459 e. The Bertz CT molecular complexity index is 707. The number of hydrogen-bond acceptors (Lipinski definition) is 6. The second-order valence-corrected chi connectivity index (χ2v) is 8.29. The normalized spacial score (nSPS) is 40.5. The highest BCUT2D eigenvalue weighted by Gasteiger charge is 2.54.